The summed E-state index contributed by atoms with van der Waals surface area (Å²) in [6.07, 6.45) is 0.724. The fourth-order valence-corrected chi connectivity index (χ4v) is 2.72. The third kappa shape index (κ3) is 1.42. The number of benzene rings is 2. The van der Waals surface area contributed by atoms with Crippen LogP contribution in [0.3, 0.4) is 0 Å². The summed E-state index contributed by atoms with van der Waals surface area (Å²) in [7, 11) is 0. The van der Waals surface area contributed by atoms with E-state index in [0.717, 1.165) is 23.1 Å². The molecule has 86 valence electrons. The minimum absolute atomic E-state index is 0.276. The SMILES string of the molecule is N[C@H]1Cc2ccccc2[C@@]1(O)c1ccccc1. The standard InChI is InChI=1S/C15H15NO/c16-14-10-11-6-4-5-9-13(11)15(14,17)12-7-2-1-3-8-12/h1-9,14,17H,10,16H2/t14-,15-/m0/s1. The third-order valence-corrected chi connectivity index (χ3v) is 3.62. The number of hydrogen-bond donors (Lipinski definition) is 2. The molecule has 0 bridgehead atoms. The van der Waals surface area contributed by atoms with Crippen LogP contribution >= 0.6 is 0 Å². The summed E-state index contributed by atoms with van der Waals surface area (Å²) in [6.45, 7) is 0. The van der Waals surface area contributed by atoms with Gasteiger partial charge in [-0.25, -0.2) is 0 Å². The van der Waals surface area contributed by atoms with Crippen molar-refractivity contribution in [3.05, 3.63) is 71.3 Å². The lowest BCUT2D eigenvalue weighted by molar-refractivity contribution is 0.0642. The molecule has 1 aliphatic rings. The third-order valence-electron chi connectivity index (χ3n) is 3.62. The van der Waals surface area contributed by atoms with E-state index >= 15 is 0 Å². The van der Waals surface area contributed by atoms with Crippen molar-refractivity contribution in [2.24, 2.45) is 5.73 Å². The van der Waals surface area contributed by atoms with Crippen molar-refractivity contribution in [3.63, 3.8) is 0 Å². The summed E-state index contributed by atoms with van der Waals surface area (Å²) in [4.78, 5) is 0. The molecule has 3 N–H and O–H groups in total. The smallest absolute Gasteiger partial charge is 0.130 e. The van der Waals surface area contributed by atoms with Crippen molar-refractivity contribution in [2.45, 2.75) is 18.1 Å². The topological polar surface area (TPSA) is 46.2 Å². The van der Waals surface area contributed by atoms with Gasteiger partial charge in [0.2, 0.25) is 0 Å². The molecule has 0 heterocycles. The molecule has 2 atom stereocenters. The highest BCUT2D eigenvalue weighted by Gasteiger charge is 2.44. The predicted molar refractivity (Wildman–Crippen MR) is 67.6 cm³/mol. The molecule has 0 aromatic heterocycles. The largest absolute Gasteiger partial charge is 0.379 e. The molecule has 0 radical (unpaired) electrons. The van der Waals surface area contributed by atoms with Crippen molar-refractivity contribution < 1.29 is 5.11 Å². The lowest BCUT2D eigenvalue weighted by atomic mass is 9.85. The van der Waals surface area contributed by atoms with Gasteiger partial charge in [0, 0.05) is 6.04 Å². The normalized spacial score (nSPS) is 26.8. The fraction of sp³-hybridized carbons (Fsp3) is 0.200. The van der Waals surface area contributed by atoms with Gasteiger partial charge in [0.15, 0.2) is 0 Å². The summed E-state index contributed by atoms with van der Waals surface area (Å²) >= 11 is 0. The second-order valence-electron chi connectivity index (χ2n) is 4.60. The molecule has 0 amide bonds. The number of nitrogens with two attached hydrogens (primary N) is 1. The zero-order valence-electron chi connectivity index (χ0n) is 9.51. The Kier molecular flexibility index (Phi) is 2.28. The van der Waals surface area contributed by atoms with Crippen molar-refractivity contribution in [2.75, 3.05) is 0 Å². The molecule has 2 aromatic rings. The van der Waals surface area contributed by atoms with Crippen molar-refractivity contribution >= 4 is 0 Å². The van der Waals surface area contributed by atoms with Crippen LogP contribution in [0.15, 0.2) is 54.6 Å². The lowest BCUT2D eigenvalue weighted by Crippen LogP contribution is -2.43. The van der Waals surface area contributed by atoms with Gasteiger partial charge in [-0.2, -0.15) is 0 Å². The first-order valence-electron chi connectivity index (χ1n) is 5.85. The molecule has 2 heteroatoms. The molecule has 2 nitrogen and oxygen atoms in total. The molecule has 0 fully saturated rings. The summed E-state index contributed by atoms with van der Waals surface area (Å²) in [5, 5.41) is 11.0. The van der Waals surface area contributed by atoms with Crippen LogP contribution in [0.25, 0.3) is 0 Å². The number of rotatable bonds is 1. The van der Waals surface area contributed by atoms with Crippen molar-refractivity contribution in [1.29, 1.82) is 0 Å². The molecule has 0 saturated heterocycles. The van der Waals surface area contributed by atoms with E-state index in [2.05, 4.69) is 0 Å². The summed E-state index contributed by atoms with van der Waals surface area (Å²) < 4.78 is 0. The van der Waals surface area contributed by atoms with Gasteiger partial charge in [-0.15, -0.1) is 0 Å². The Labute approximate surface area is 101 Å². The maximum atomic E-state index is 11.0. The summed E-state index contributed by atoms with van der Waals surface area (Å²) in [5.74, 6) is 0. The molecule has 3 rings (SSSR count). The van der Waals surface area contributed by atoms with E-state index in [0.29, 0.717) is 0 Å². The van der Waals surface area contributed by atoms with E-state index in [1.807, 2.05) is 54.6 Å². The Hall–Kier alpha value is -1.64. The maximum absolute atomic E-state index is 11.0. The van der Waals surface area contributed by atoms with Crippen LogP contribution in [-0.4, -0.2) is 11.1 Å². The van der Waals surface area contributed by atoms with Crippen LogP contribution in [0.4, 0.5) is 0 Å². The Bertz CT molecular complexity index is 538. The minimum atomic E-state index is -1.04. The number of fused-ring (bicyclic) bond motifs is 1. The van der Waals surface area contributed by atoms with Gasteiger partial charge in [-0.3, -0.25) is 0 Å². The van der Waals surface area contributed by atoms with E-state index < -0.39 is 5.60 Å². The second kappa shape index (κ2) is 3.69. The molecule has 17 heavy (non-hydrogen) atoms. The van der Waals surface area contributed by atoms with Crippen LogP contribution < -0.4 is 5.73 Å². The number of hydrogen-bond acceptors (Lipinski definition) is 2. The second-order valence-corrected chi connectivity index (χ2v) is 4.60. The molecule has 0 spiro atoms. The van der Waals surface area contributed by atoms with Gasteiger partial charge in [0.25, 0.3) is 0 Å². The maximum Gasteiger partial charge on any atom is 0.130 e. The van der Waals surface area contributed by atoms with E-state index in [1.165, 1.54) is 0 Å². The molecular formula is C15H15NO. The Morgan fingerprint density at radius 3 is 2.41 bits per heavy atom. The van der Waals surface area contributed by atoms with Gasteiger partial charge >= 0.3 is 0 Å². The van der Waals surface area contributed by atoms with Crippen molar-refractivity contribution in [1.82, 2.24) is 0 Å². The average Bonchev–Trinajstić information content (AvgIpc) is 2.64. The molecule has 0 aliphatic heterocycles. The first-order valence-corrected chi connectivity index (χ1v) is 5.85. The zero-order chi connectivity index (χ0) is 11.9. The number of aliphatic hydroxyl groups is 1. The predicted octanol–water partition coefficient (Wildman–Crippen LogP) is 1.81. The van der Waals surface area contributed by atoms with Gasteiger partial charge in [-0.05, 0) is 23.1 Å². The highest BCUT2D eigenvalue weighted by molar-refractivity contribution is 5.47. The van der Waals surface area contributed by atoms with E-state index in [1.54, 1.807) is 0 Å². The summed E-state index contributed by atoms with van der Waals surface area (Å²) in [6, 6.07) is 17.3. The van der Waals surface area contributed by atoms with Crippen LogP contribution in [0.1, 0.15) is 16.7 Å². The van der Waals surface area contributed by atoms with Gasteiger partial charge in [-0.1, -0.05) is 54.6 Å². The molecule has 0 saturated carbocycles. The molecule has 2 aromatic carbocycles. The van der Waals surface area contributed by atoms with Crippen LogP contribution in [0.5, 0.6) is 0 Å². The van der Waals surface area contributed by atoms with Crippen LogP contribution in [-0.2, 0) is 12.0 Å². The van der Waals surface area contributed by atoms with Crippen LogP contribution in [0, 0.1) is 0 Å². The van der Waals surface area contributed by atoms with Crippen LogP contribution in [0.2, 0.25) is 0 Å². The average molecular weight is 225 g/mol. The highest BCUT2D eigenvalue weighted by atomic mass is 16.3. The Morgan fingerprint density at radius 2 is 1.65 bits per heavy atom. The molecule has 0 unspecified atom stereocenters. The van der Waals surface area contributed by atoms with E-state index in [9.17, 15) is 5.11 Å². The van der Waals surface area contributed by atoms with Gasteiger partial charge in [0.1, 0.15) is 5.60 Å². The molecule has 1 aliphatic carbocycles. The quantitative estimate of drug-likeness (QED) is 0.777. The van der Waals surface area contributed by atoms with E-state index in [-0.39, 0.29) is 6.04 Å². The summed E-state index contributed by atoms with van der Waals surface area (Å²) in [5.41, 5.74) is 8.06. The monoisotopic (exact) mass is 225 g/mol. The van der Waals surface area contributed by atoms with Crippen molar-refractivity contribution in [3.8, 4) is 0 Å². The lowest BCUT2D eigenvalue weighted by Gasteiger charge is -2.29. The highest BCUT2D eigenvalue weighted by Crippen LogP contribution is 2.40. The van der Waals surface area contributed by atoms with Gasteiger partial charge in [0.05, 0.1) is 0 Å². The zero-order valence-corrected chi connectivity index (χ0v) is 9.51. The first kappa shape index (κ1) is 10.5. The minimum Gasteiger partial charge on any atom is -0.379 e. The Balaban J connectivity index is 2.20. The Morgan fingerprint density at radius 1 is 1.00 bits per heavy atom. The van der Waals surface area contributed by atoms with E-state index in [4.69, 9.17) is 5.73 Å². The fourth-order valence-electron chi connectivity index (χ4n) is 2.72. The molecular weight excluding hydrogens is 210 g/mol. The van der Waals surface area contributed by atoms with Gasteiger partial charge < -0.3 is 10.8 Å². The first-order chi connectivity index (χ1) is 8.23.